The molecule has 1 atom stereocenters. The Hall–Kier alpha value is -2.67. The Balaban J connectivity index is 1.83. The number of hydrogen-bond acceptors (Lipinski definition) is 4. The van der Waals surface area contributed by atoms with Gasteiger partial charge in [0, 0.05) is 22.7 Å². The molecule has 7 heteroatoms. The maximum atomic E-state index is 12.7. The number of primary sulfonamides is 1. The molecule has 0 aliphatic rings. The van der Waals surface area contributed by atoms with Gasteiger partial charge in [-0.05, 0) is 54.1 Å². The Labute approximate surface area is 169 Å². The molecule has 0 fully saturated rings. The van der Waals surface area contributed by atoms with Gasteiger partial charge in [-0.3, -0.25) is 4.79 Å². The fraction of sp³-hybridized carbons (Fsp3) is 0.0952. The first-order valence-corrected chi connectivity index (χ1v) is 10.5. The summed E-state index contributed by atoms with van der Waals surface area (Å²) in [7, 11) is -3.75. The highest BCUT2D eigenvalue weighted by molar-refractivity contribution is 7.89. The summed E-state index contributed by atoms with van der Waals surface area (Å²) >= 11 is 5.89. The molecule has 3 rings (SSSR count). The molecule has 0 radical (unpaired) electrons. The molecule has 3 N–H and O–H groups in total. The summed E-state index contributed by atoms with van der Waals surface area (Å²) < 4.78 is 22.8. The molecule has 3 aromatic rings. The van der Waals surface area contributed by atoms with Gasteiger partial charge in [-0.25, -0.2) is 13.6 Å². The highest BCUT2D eigenvalue weighted by Crippen LogP contribution is 2.25. The zero-order valence-electron chi connectivity index (χ0n) is 14.9. The third-order valence-electron chi connectivity index (χ3n) is 4.28. The van der Waals surface area contributed by atoms with Crippen molar-refractivity contribution in [2.45, 2.75) is 17.4 Å². The van der Waals surface area contributed by atoms with E-state index in [1.807, 2.05) is 30.3 Å². The van der Waals surface area contributed by atoms with E-state index >= 15 is 0 Å². The van der Waals surface area contributed by atoms with E-state index in [9.17, 15) is 13.2 Å². The van der Waals surface area contributed by atoms with Crippen LogP contribution in [0.3, 0.4) is 0 Å². The van der Waals surface area contributed by atoms with Crippen molar-refractivity contribution < 1.29 is 13.2 Å². The van der Waals surface area contributed by atoms with E-state index in [1.54, 1.807) is 36.4 Å². The Morgan fingerprint density at radius 1 is 0.929 bits per heavy atom. The second-order valence-corrected chi connectivity index (χ2v) is 8.31. The number of nitrogens with one attached hydrogen (secondary N) is 1. The predicted octanol–water partition coefficient (Wildman–Crippen LogP) is 4.41. The minimum atomic E-state index is -3.75. The Bertz CT molecular complexity index is 1050. The molecule has 0 aliphatic carbocycles. The number of nitrogens with two attached hydrogens (primary N) is 1. The van der Waals surface area contributed by atoms with E-state index in [0.29, 0.717) is 16.3 Å². The van der Waals surface area contributed by atoms with Crippen LogP contribution < -0.4 is 10.5 Å². The molecule has 0 aliphatic heterocycles. The van der Waals surface area contributed by atoms with Crippen LogP contribution >= 0.6 is 11.6 Å². The lowest BCUT2D eigenvalue weighted by Crippen LogP contribution is -2.16. The van der Waals surface area contributed by atoms with Gasteiger partial charge < -0.3 is 5.32 Å². The van der Waals surface area contributed by atoms with Crippen LogP contribution in [0.1, 0.15) is 28.4 Å². The maximum absolute atomic E-state index is 12.7. The van der Waals surface area contributed by atoms with Crippen LogP contribution in [0.15, 0.2) is 83.8 Å². The first-order chi connectivity index (χ1) is 13.3. The van der Waals surface area contributed by atoms with Gasteiger partial charge in [0.05, 0.1) is 10.9 Å². The second kappa shape index (κ2) is 8.56. The van der Waals surface area contributed by atoms with Gasteiger partial charge in [-0.1, -0.05) is 41.9 Å². The molecule has 0 heterocycles. The molecule has 0 bridgehead atoms. The number of anilines is 1. The van der Waals surface area contributed by atoms with Gasteiger partial charge in [0.15, 0.2) is 5.78 Å². The number of sulfonamides is 1. The average Bonchev–Trinajstić information content (AvgIpc) is 2.68. The number of benzene rings is 3. The second-order valence-electron chi connectivity index (χ2n) is 6.31. The van der Waals surface area contributed by atoms with Gasteiger partial charge in [-0.2, -0.15) is 0 Å². The summed E-state index contributed by atoms with van der Waals surface area (Å²) in [5, 5.41) is 9.01. The quantitative estimate of drug-likeness (QED) is 0.560. The molecule has 5 nitrogen and oxygen atoms in total. The highest BCUT2D eigenvalue weighted by Gasteiger charge is 2.18. The van der Waals surface area contributed by atoms with E-state index in [2.05, 4.69) is 5.32 Å². The maximum Gasteiger partial charge on any atom is 0.238 e. The van der Waals surface area contributed by atoms with Crippen molar-refractivity contribution in [3.05, 3.63) is 95.0 Å². The molecule has 0 saturated carbocycles. The van der Waals surface area contributed by atoms with Gasteiger partial charge >= 0.3 is 0 Å². The van der Waals surface area contributed by atoms with Crippen molar-refractivity contribution >= 4 is 33.1 Å². The fourth-order valence-electron chi connectivity index (χ4n) is 2.82. The molecule has 0 aromatic heterocycles. The summed E-state index contributed by atoms with van der Waals surface area (Å²) in [6.07, 6.45) is 0.225. The normalized spacial score (nSPS) is 12.4. The first-order valence-electron chi connectivity index (χ1n) is 8.56. The van der Waals surface area contributed by atoms with E-state index in [-0.39, 0.29) is 23.1 Å². The van der Waals surface area contributed by atoms with Crippen LogP contribution in [0.5, 0.6) is 0 Å². The Kier molecular flexibility index (Phi) is 6.14. The van der Waals surface area contributed by atoms with Crippen LogP contribution in [-0.2, 0) is 10.0 Å². The minimum Gasteiger partial charge on any atom is -0.378 e. The number of rotatable bonds is 7. The van der Waals surface area contributed by atoms with E-state index in [1.165, 1.54) is 12.1 Å². The van der Waals surface area contributed by atoms with Crippen LogP contribution in [0, 0.1) is 0 Å². The van der Waals surface area contributed by atoms with Crippen molar-refractivity contribution in [1.82, 2.24) is 0 Å². The summed E-state index contributed by atoms with van der Waals surface area (Å²) in [6.45, 7) is 0. The Morgan fingerprint density at radius 3 is 2.11 bits per heavy atom. The zero-order chi connectivity index (χ0) is 20.1. The smallest absolute Gasteiger partial charge is 0.238 e. The molecule has 0 spiro atoms. The first kappa shape index (κ1) is 20.1. The third-order valence-corrected chi connectivity index (χ3v) is 5.46. The van der Waals surface area contributed by atoms with Crippen LogP contribution in [-0.4, -0.2) is 14.2 Å². The van der Waals surface area contributed by atoms with Crippen molar-refractivity contribution in [3.8, 4) is 0 Å². The molecule has 144 valence electrons. The third kappa shape index (κ3) is 5.19. The summed E-state index contributed by atoms with van der Waals surface area (Å²) in [5.41, 5.74) is 2.21. The number of carbonyl (C=O) groups is 1. The molecular formula is C21H19ClN2O3S. The SMILES string of the molecule is NS(=O)(=O)c1ccc(NC(CC(=O)c2ccc(Cl)cc2)c2ccccc2)cc1. The van der Waals surface area contributed by atoms with Crippen LogP contribution in [0.2, 0.25) is 5.02 Å². The number of ketones is 1. The van der Waals surface area contributed by atoms with Gasteiger partial charge in [0.2, 0.25) is 10.0 Å². The lowest BCUT2D eigenvalue weighted by molar-refractivity contribution is 0.0976. The number of Topliss-reactive ketones (excluding diaryl/α,β-unsaturated/α-hetero) is 1. The van der Waals surface area contributed by atoms with Crippen LogP contribution in [0.4, 0.5) is 5.69 Å². The predicted molar refractivity (Wildman–Crippen MR) is 111 cm³/mol. The largest absolute Gasteiger partial charge is 0.378 e. The van der Waals surface area contributed by atoms with Crippen molar-refractivity contribution in [2.24, 2.45) is 5.14 Å². The molecule has 0 saturated heterocycles. The van der Waals surface area contributed by atoms with Crippen molar-refractivity contribution in [3.63, 3.8) is 0 Å². The standard InChI is InChI=1S/C21H19ClN2O3S/c22-17-8-6-16(7-9-17)21(25)14-20(15-4-2-1-3-5-15)24-18-10-12-19(13-11-18)28(23,26)27/h1-13,20,24H,14H2,(H2,23,26,27). The van der Waals surface area contributed by atoms with Crippen LogP contribution in [0.25, 0.3) is 0 Å². The lowest BCUT2D eigenvalue weighted by Gasteiger charge is -2.20. The molecule has 28 heavy (non-hydrogen) atoms. The highest BCUT2D eigenvalue weighted by atomic mass is 35.5. The van der Waals surface area contributed by atoms with Gasteiger partial charge in [0.25, 0.3) is 0 Å². The number of hydrogen-bond donors (Lipinski definition) is 2. The topological polar surface area (TPSA) is 89.3 Å². The Morgan fingerprint density at radius 2 is 1.54 bits per heavy atom. The van der Waals surface area contributed by atoms with E-state index in [4.69, 9.17) is 16.7 Å². The fourth-order valence-corrected chi connectivity index (χ4v) is 3.46. The average molecular weight is 415 g/mol. The molecular weight excluding hydrogens is 396 g/mol. The van der Waals surface area contributed by atoms with Crippen molar-refractivity contribution in [1.29, 1.82) is 0 Å². The molecule has 0 amide bonds. The van der Waals surface area contributed by atoms with Crippen molar-refractivity contribution in [2.75, 3.05) is 5.32 Å². The van der Waals surface area contributed by atoms with Gasteiger partial charge in [0.1, 0.15) is 0 Å². The zero-order valence-corrected chi connectivity index (χ0v) is 16.5. The summed E-state index contributed by atoms with van der Waals surface area (Å²) in [6, 6.07) is 22.2. The minimum absolute atomic E-state index is 0.0285. The number of halogens is 1. The van der Waals surface area contributed by atoms with E-state index in [0.717, 1.165) is 5.56 Å². The number of carbonyl (C=O) groups excluding carboxylic acids is 1. The van der Waals surface area contributed by atoms with E-state index < -0.39 is 10.0 Å². The molecule has 1 unspecified atom stereocenters. The van der Waals surface area contributed by atoms with Gasteiger partial charge in [-0.15, -0.1) is 0 Å². The monoisotopic (exact) mass is 414 g/mol. The summed E-state index contributed by atoms with van der Waals surface area (Å²) in [4.78, 5) is 12.8. The lowest BCUT2D eigenvalue weighted by atomic mass is 9.97. The summed E-state index contributed by atoms with van der Waals surface area (Å²) in [5.74, 6) is -0.0285. The molecule has 3 aromatic carbocycles.